The van der Waals surface area contributed by atoms with Crippen molar-refractivity contribution >= 4 is 17.3 Å². The van der Waals surface area contributed by atoms with Gasteiger partial charge in [-0.15, -0.1) is 0 Å². The van der Waals surface area contributed by atoms with Crippen LogP contribution in [-0.2, 0) is 0 Å². The Balaban J connectivity index is 1.73. The van der Waals surface area contributed by atoms with Gasteiger partial charge in [-0.2, -0.15) is 5.26 Å². The molecule has 2 aromatic rings. The van der Waals surface area contributed by atoms with E-state index < -0.39 is 0 Å². The molecule has 3 heteroatoms. The Morgan fingerprint density at radius 2 is 1.95 bits per heavy atom. The van der Waals surface area contributed by atoms with Gasteiger partial charge in [0.25, 0.3) is 0 Å². The van der Waals surface area contributed by atoms with Crippen LogP contribution >= 0.6 is 11.6 Å². The van der Waals surface area contributed by atoms with E-state index in [2.05, 4.69) is 35.7 Å². The lowest BCUT2D eigenvalue weighted by molar-refractivity contribution is 1.04. The van der Waals surface area contributed by atoms with Crippen molar-refractivity contribution in [3.8, 4) is 6.07 Å². The standard InChI is InChI=1S/C16H13ClN2/c17-13-6-7-15(12(8-13)10-18)19-16-9-14(16)11-4-2-1-3-5-11/h1-8,14,16,19H,9H2. The van der Waals surface area contributed by atoms with Crippen molar-refractivity contribution in [2.24, 2.45) is 0 Å². The van der Waals surface area contributed by atoms with Crippen LogP contribution in [0, 0.1) is 11.3 Å². The first-order valence-corrected chi connectivity index (χ1v) is 6.67. The molecule has 1 aliphatic rings. The van der Waals surface area contributed by atoms with Crippen LogP contribution in [0.15, 0.2) is 48.5 Å². The Bertz CT molecular complexity index is 631. The largest absolute Gasteiger partial charge is 0.381 e. The number of nitriles is 1. The Morgan fingerprint density at radius 1 is 1.16 bits per heavy atom. The molecule has 0 aliphatic heterocycles. The second-order valence-corrected chi connectivity index (χ2v) is 5.24. The van der Waals surface area contributed by atoms with E-state index in [-0.39, 0.29) is 0 Å². The van der Waals surface area contributed by atoms with Gasteiger partial charge < -0.3 is 5.32 Å². The van der Waals surface area contributed by atoms with Crippen molar-refractivity contribution in [3.05, 3.63) is 64.7 Å². The van der Waals surface area contributed by atoms with E-state index in [0.717, 1.165) is 12.1 Å². The van der Waals surface area contributed by atoms with E-state index in [4.69, 9.17) is 16.9 Å². The summed E-state index contributed by atoms with van der Waals surface area (Å²) in [5.74, 6) is 0.545. The summed E-state index contributed by atoms with van der Waals surface area (Å²) in [5, 5.41) is 13.1. The molecular formula is C16H13ClN2. The highest BCUT2D eigenvalue weighted by atomic mass is 35.5. The van der Waals surface area contributed by atoms with Crippen molar-refractivity contribution in [3.63, 3.8) is 0 Å². The van der Waals surface area contributed by atoms with E-state index in [1.807, 2.05) is 18.2 Å². The summed E-state index contributed by atoms with van der Waals surface area (Å²) < 4.78 is 0. The summed E-state index contributed by atoms with van der Waals surface area (Å²) in [6, 6.07) is 18.4. The molecule has 3 rings (SSSR count). The smallest absolute Gasteiger partial charge is 0.101 e. The van der Waals surface area contributed by atoms with Gasteiger partial charge >= 0.3 is 0 Å². The molecule has 0 aromatic heterocycles. The van der Waals surface area contributed by atoms with Crippen LogP contribution in [0.5, 0.6) is 0 Å². The second kappa shape index (κ2) is 4.95. The van der Waals surface area contributed by atoms with E-state index in [1.165, 1.54) is 5.56 Å². The number of hydrogen-bond donors (Lipinski definition) is 1. The minimum Gasteiger partial charge on any atom is -0.381 e. The molecule has 0 bridgehead atoms. The maximum atomic E-state index is 9.11. The fraction of sp³-hybridized carbons (Fsp3) is 0.188. The maximum Gasteiger partial charge on any atom is 0.101 e. The van der Waals surface area contributed by atoms with Crippen molar-refractivity contribution in [1.82, 2.24) is 0 Å². The van der Waals surface area contributed by atoms with Crippen molar-refractivity contribution in [1.29, 1.82) is 5.26 Å². The van der Waals surface area contributed by atoms with Gasteiger partial charge in [-0.3, -0.25) is 0 Å². The fourth-order valence-electron chi connectivity index (χ4n) is 2.36. The van der Waals surface area contributed by atoms with E-state index in [9.17, 15) is 0 Å². The third-order valence-corrected chi connectivity index (χ3v) is 3.70. The summed E-state index contributed by atoms with van der Waals surface area (Å²) in [4.78, 5) is 0. The third kappa shape index (κ3) is 2.57. The van der Waals surface area contributed by atoms with Crippen molar-refractivity contribution in [2.75, 3.05) is 5.32 Å². The first kappa shape index (κ1) is 12.1. The van der Waals surface area contributed by atoms with E-state index in [0.29, 0.717) is 22.5 Å². The molecule has 2 atom stereocenters. The summed E-state index contributed by atoms with van der Waals surface area (Å²) in [5.41, 5.74) is 2.83. The minimum atomic E-state index is 0.413. The van der Waals surface area contributed by atoms with Gasteiger partial charge in [0, 0.05) is 17.0 Å². The van der Waals surface area contributed by atoms with Crippen LogP contribution in [0.2, 0.25) is 5.02 Å². The SMILES string of the molecule is N#Cc1cc(Cl)ccc1NC1CC1c1ccccc1. The summed E-state index contributed by atoms with van der Waals surface area (Å²) in [6.45, 7) is 0. The molecule has 1 N–H and O–H groups in total. The average Bonchev–Trinajstić information content (AvgIpc) is 3.21. The molecule has 1 saturated carbocycles. The molecule has 2 nitrogen and oxygen atoms in total. The van der Waals surface area contributed by atoms with Gasteiger partial charge in [0.1, 0.15) is 6.07 Å². The highest BCUT2D eigenvalue weighted by molar-refractivity contribution is 6.30. The Kier molecular flexibility index (Phi) is 3.15. The van der Waals surface area contributed by atoms with Crippen molar-refractivity contribution < 1.29 is 0 Å². The van der Waals surface area contributed by atoms with Gasteiger partial charge in [0.05, 0.1) is 11.3 Å². The third-order valence-electron chi connectivity index (χ3n) is 3.46. The van der Waals surface area contributed by atoms with Crippen LogP contribution < -0.4 is 5.32 Å². The zero-order chi connectivity index (χ0) is 13.2. The molecule has 94 valence electrons. The summed E-state index contributed by atoms with van der Waals surface area (Å²) in [6.07, 6.45) is 1.11. The predicted octanol–water partition coefficient (Wildman–Crippen LogP) is 4.18. The number of nitrogens with one attached hydrogen (secondary N) is 1. The van der Waals surface area contributed by atoms with Gasteiger partial charge in [-0.1, -0.05) is 41.9 Å². The lowest BCUT2D eigenvalue weighted by atomic mass is 10.1. The fourth-order valence-corrected chi connectivity index (χ4v) is 2.53. The first-order chi connectivity index (χ1) is 9.28. The predicted molar refractivity (Wildman–Crippen MR) is 77.4 cm³/mol. The number of benzene rings is 2. The maximum absolute atomic E-state index is 9.11. The zero-order valence-electron chi connectivity index (χ0n) is 10.3. The average molecular weight is 269 g/mol. The Morgan fingerprint density at radius 3 is 2.68 bits per heavy atom. The number of rotatable bonds is 3. The lowest BCUT2D eigenvalue weighted by Crippen LogP contribution is -2.05. The topological polar surface area (TPSA) is 35.8 Å². The summed E-state index contributed by atoms with van der Waals surface area (Å²) >= 11 is 5.89. The minimum absolute atomic E-state index is 0.413. The van der Waals surface area contributed by atoms with Gasteiger partial charge in [0.2, 0.25) is 0 Å². The molecule has 1 aliphatic carbocycles. The highest BCUT2D eigenvalue weighted by Gasteiger charge is 2.38. The molecule has 1 fully saturated rings. The number of nitrogens with zero attached hydrogens (tertiary/aromatic N) is 1. The molecule has 2 unspecified atom stereocenters. The molecule has 0 radical (unpaired) electrons. The number of halogens is 1. The van der Waals surface area contributed by atoms with Gasteiger partial charge in [-0.25, -0.2) is 0 Å². The molecular weight excluding hydrogens is 256 g/mol. The molecule has 19 heavy (non-hydrogen) atoms. The zero-order valence-corrected chi connectivity index (χ0v) is 11.1. The van der Waals surface area contributed by atoms with Crippen LogP contribution in [0.3, 0.4) is 0 Å². The lowest BCUT2D eigenvalue weighted by Gasteiger charge is -2.08. The van der Waals surface area contributed by atoms with Crippen LogP contribution in [0.1, 0.15) is 23.5 Å². The molecule has 0 amide bonds. The molecule has 0 spiro atoms. The van der Waals surface area contributed by atoms with Crippen LogP contribution in [0.25, 0.3) is 0 Å². The molecule has 2 aromatic carbocycles. The highest BCUT2D eigenvalue weighted by Crippen LogP contribution is 2.43. The monoisotopic (exact) mass is 268 g/mol. The van der Waals surface area contributed by atoms with E-state index in [1.54, 1.807) is 6.07 Å². The van der Waals surface area contributed by atoms with E-state index >= 15 is 0 Å². The number of anilines is 1. The first-order valence-electron chi connectivity index (χ1n) is 6.29. The molecule has 0 saturated heterocycles. The van der Waals surface area contributed by atoms with Crippen LogP contribution in [-0.4, -0.2) is 6.04 Å². The Labute approximate surface area is 117 Å². The normalized spacial score (nSPS) is 20.6. The molecule has 0 heterocycles. The van der Waals surface area contributed by atoms with Crippen molar-refractivity contribution in [2.45, 2.75) is 18.4 Å². The second-order valence-electron chi connectivity index (χ2n) is 4.81. The van der Waals surface area contributed by atoms with Gasteiger partial charge in [0.15, 0.2) is 0 Å². The van der Waals surface area contributed by atoms with Crippen LogP contribution in [0.4, 0.5) is 5.69 Å². The quantitative estimate of drug-likeness (QED) is 0.906. The van der Waals surface area contributed by atoms with Gasteiger partial charge in [-0.05, 0) is 30.2 Å². The Hall–Kier alpha value is -1.98. The summed E-state index contributed by atoms with van der Waals surface area (Å²) in [7, 11) is 0. The number of hydrogen-bond acceptors (Lipinski definition) is 2.